The maximum absolute atomic E-state index is 5.99. The Kier molecular flexibility index (Phi) is 6.70. The summed E-state index contributed by atoms with van der Waals surface area (Å²) in [5, 5.41) is 4.63. The predicted octanol–water partition coefficient (Wildman–Crippen LogP) is 4.03. The number of nitrogens with zero attached hydrogens (tertiary/aromatic N) is 1. The van der Waals surface area contributed by atoms with E-state index in [0.29, 0.717) is 24.1 Å². The summed E-state index contributed by atoms with van der Waals surface area (Å²) in [6.07, 6.45) is 0. The molecule has 1 aromatic carbocycles. The number of pyridine rings is 1. The molecule has 0 aliphatic rings. The lowest BCUT2D eigenvalue weighted by molar-refractivity contribution is 0.197. The third-order valence-corrected chi connectivity index (χ3v) is 4.27. The van der Waals surface area contributed by atoms with Crippen LogP contribution in [0.2, 0.25) is 5.15 Å². The fourth-order valence-corrected chi connectivity index (χ4v) is 3.37. The molecule has 0 aliphatic carbocycles. The summed E-state index contributed by atoms with van der Waals surface area (Å²) in [5.41, 5.74) is 0.737. The molecule has 0 aliphatic heterocycles. The van der Waals surface area contributed by atoms with E-state index in [1.165, 1.54) is 0 Å². The quantitative estimate of drug-likeness (QED) is 0.524. The van der Waals surface area contributed by atoms with Crippen molar-refractivity contribution in [2.45, 2.75) is 0 Å². The lowest BCUT2D eigenvalue weighted by Gasteiger charge is -2.12. The molecule has 1 aromatic heterocycles. The van der Waals surface area contributed by atoms with E-state index in [4.69, 9.17) is 21.1 Å². The van der Waals surface area contributed by atoms with Gasteiger partial charge in [-0.15, -0.1) is 0 Å². The topological polar surface area (TPSA) is 43.4 Å². The van der Waals surface area contributed by atoms with Gasteiger partial charge >= 0.3 is 0 Å². The Bertz CT molecular complexity index is 625. The van der Waals surface area contributed by atoms with Gasteiger partial charge in [-0.2, -0.15) is 0 Å². The molecule has 2 rings (SSSR count). The van der Waals surface area contributed by atoms with Crippen molar-refractivity contribution in [3.63, 3.8) is 0 Å². The molecule has 0 atom stereocenters. The number of aromatic nitrogens is 1. The van der Waals surface area contributed by atoms with Crippen molar-refractivity contribution in [3.8, 4) is 5.75 Å². The van der Waals surface area contributed by atoms with Gasteiger partial charge in [-0.1, -0.05) is 27.5 Å². The average molecular weight is 439 g/mol. The third kappa shape index (κ3) is 4.53. The van der Waals surface area contributed by atoms with Gasteiger partial charge in [0, 0.05) is 30.1 Å². The van der Waals surface area contributed by atoms with Crippen molar-refractivity contribution >= 4 is 54.4 Å². The Morgan fingerprint density at radius 1 is 1.19 bits per heavy atom. The molecule has 0 fully saturated rings. The van der Waals surface area contributed by atoms with E-state index in [0.717, 1.165) is 32.9 Å². The van der Waals surface area contributed by atoms with Gasteiger partial charge < -0.3 is 14.8 Å². The second kappa shape index (κ2) is 8.29. The van der Waals surface area contributed by atoms with Crippen molar-refractivity contribution in [1.82, 2.24) is 10.3 Å². The first-order chi connectivity index (χ1) is 10.1. The second-order valence-electron chi connectivity index (χ2n) is 4.29. The summed E-state index contributed by atoms with van der Waals surface area (Å²) in [7, 11) is 1.68. The van der Waals surface area contributed by atoms with E-state index in [-0.39, 0.29) is 0 Å². The lowest BCUT2D eigenvalue weighted by Crippen LogP contribution is -2.24. The van der Waals surface area contributed by atoms with Crippen LogP contribution < -0.4 is 10.1 Å². The van der Waals surface area contributed by atoms with Crippen LogP contribution >= 0.6 is 43.5 Å². The summed E-state index contributed by atoms with van der Waals surface area (Å²) < 4.78 is 12.6. The zero-order valence-electron chi connectivity index (χ0n) is 11.5. The van der Waals surface area contributed by atoms with Gasteiger partial charge in [-0.3, -0.25) is 0 Å². The summed E-state index contributed by atoms with van der Waals surface area (Å²) in [5.74, 6) is 0.698. The van der Waals surface area contributed by atoms with E-state index in [1.807, 2.05) is 12.1 Å². The molecule has 0 bridgehead atoms. The van der Waals surface area contributed by atoms with E-state index in [9.17, 15) is 0 Å². The first-order valence-electron chi connectivity index (χ1n) is 6.40. The van der Waals surface area contributed by atoms with Crippen molar-refractivity contribution in [1.29, 1.82) is 0 Å². The van der Waals surface area contributed by atoms with Crippen LogP contribution in [0.15, 0.2) is 27.1 Å². The Hall–Kier alpha value is -0.400. The smallest absolute Gasteiger partial charge is 0.159 e. The highest BCUT2D eigenvalue weighted by Crippen LogP contribution is 2.38. The summed E-state index contributed by atoms with van der Waals surface area (Å²) in [6, 6.07) is 5.63. The summed E-state index contributed by atoms with van der Waals surface area (Å²) in [6.45, 7) is 2.75. The van der Waals surface area contributed by atoms with Gasteiger partial charge in [0.1, 0.15) is 17.3 Å². The fourth-order valence-electron chi connectivity index (χ4n) is 1.83. The number of hydrogen-bond donors (Lipinski definition) is 1. The van der Waals surface area contributed by atoms with Crippen LogP contribution in [0, 0.1) is 0 Å². The van der Waals surface area contributed by atoms with E-state index in [2.05, 4.69) is 42.2 Å². The van der Waals surface area contributed by atoms with E-state index < -0.39 is 0 Å². The van der Waals surface area contributed by atoms with E-state index in [1.54, 1.807) is 13.2 Å². The third-order valence-electron chi connectivity index (χ3n) is 2.81. The number of hydrogen-bond acceptors (Lipinski definition) is 4. The number of ether oxygens (including phenoxy) is 2. The van der Waals surface area contributed by atoms with Crippen LogP contribution in [-0.4, -0.2) is 38.4 Å². The largest absolute Gasteiger partial charge is 0.489 e. The molecule has 7 heteroatoms. The number of fused-ring (bicyclic) bond motifs is 1. The number of halogens is 3. The Morgan fingerprint density at radius 3 is 2.71 bits per heavy atom. The molecule has 21 heavy (non-hydrogen) atoms. The maximum Gasteiger partial charge on any atom is 0.159 e. The highest BCUT2D eigenvalue weighted by molar-refractivity contribution is 9.11. The predicted molar refractivity (Wildman–Crippen MR) is 92.4 cm³/mol. The molecule has 0 radical (unpaired) electrons. The summed E-state index contributed by atoms with van der Waals surface area (Å²) >= 11 is 13.0. The van der Waals surface area contributed by atoms with Crippen LogP contribution in [0.25, 0.3) is 10.9 Å². The van der Waals surface area contributed by atoms with Crippen molar-refractivity contribution in [3.05, 3.63) is 32.3 Å². The lowest BCUT2D eigenvalue weighted by atomic mass is 10.2. The van der Waals surface area contributed by atoms with Gasteiger partial charge in [0.15, 0.2) is 5.75 Å². The first kappa shape index (κ1) is 17.0. The molecule has 0 spiro atoms. The molecule has 1 heterocycles. The SMILES string of the molecule is COCCNCCOc1c(Br)cc(Br)c2ccc(Cl)nc12. The Morgan fingerprint density at radius 2 is 1.95 bits per heavy atom. The second-order valence-corrected chi connectivity index (χ2v) is 6.39. The summed E-state index contributed by atoms with van der Waals surface area (Å²) in [4.78, 5) is 4.37. The molecule has 0 unspecified atom stereocenters. The molecule has 0 saturated carbocycles. The molecule has 1 N–H and O–H groups in total. The van der Waals surface area contributed by atoms with Crippen molar-refractivity contribution in [2.75, 3.05) is 33.4 Å². The van der Waals surface area contributed by atoms with Gasteiger partial charge in [0.25, 0.3) is 0 Å². The number of nitrogens with one attached hydrogen (secondary N) is 1. The molecular formula is C14H15Br2ClN2O2. The normalized spacial score (nSPS) is 11.0. The average Bonchev–Trinajstić information content (AvgIpc) is 2.45. The van der Waals surface area contributed by atoms with Crippen molar-refractivity contribution < 1.29 is 9.47 Å². The monoisotopic (exact) mass is 436 g/mol. The van der Waals surface area contributed by atoms with Crippen LogP contribution in [0.1, 0.15) is 0 Å². The molecule has 0 saturated heterocycles. The minimum Gasteiger partial charge on any atom is -0.489 e. The Balaban J connectivity index is 2.13. The molecule has 114 valence electrons. The van der Waals surface area contributed by atoms with Crippen LogP contribution in [0.4, 0.5) is 0 Å². The minimum absolute atomic E-state index is 0.440. The molecular weight excluding hydrogens is 423 g/mol. The zero-order valence-corrected chi connectivity index (χ0v) is 15.4. The van der Waals surface area contributed by atoms with E-state index >= 15 is 0 Å². The zero-order chi connectivity index (χ0) is 15.2. The number of benzene rings is 1. The highest BCUT2D eigenvalue weighted by atomic mass is 79.9. The van der Waals surface area contributed by atoms with Crippen LogP contribution in [0.5, 0.6) is 5.75 Å². The maximum atomic E-state index is 5.99. The number of rotatable bonds is 7. The Labute approximate surface area is 145 Å². The number of methoxy groups -OCH3 is 1. The fraction of sp³-hybridized carbons (Fsp3) is 0.357. The minimum atomic E-state index is 0.440. The standard InChI is InChI=1S/C14H15Br2ClN2O2/c1-20-6-4-18-5-7-21-14-11(16)8-10(15)9-2-3-12(17)19-13(9)14/h2-3,8,18H,4-7H2,1H3. The highest BCUT2D eigenvalue weighted by Gasteiger charge is 2.12. The molecule has 2 aromatic rings. The van der Waals surface area contributed by atoms with Gasteiger partial charge in [-0.25, -0.2) is 4.98 Å². The molecule has 4 nitrogen and oxygen atoms in total. The van der Waals surface area contributed by atoms with Gasteiger partial charge in [0.05, 0.1) is 11.1 Å². The van der Waals surface area contributed by atoms with Gasteiger partial charge in [0.2, 0.25) is 0 Å². The first-order valence-corrected chi connectivity index (χ1v) is 8.36. The van der Waals surface area contributed by atoms with Crippen molar-refractivity contribution in [2.24, 2.45) is 0 Å². The van der Waals surface area contributed by atoms with Crippen LogP contribution in [-0.2, 0) is 4.74 Å². The van der Waals surface area contributed by atoms with Crippen LogP contribution in [0.3, 0.4) is 0 Å². The van der Waals surface area contributed by atoms with Gasteiger partial charge in [-0.05, 0) is 34.1 Å². The molecule has 0 amide bonds.